The Labute approximate surface area is 85.4 Å². The minimum absolute atomic E-state index is 0.0730. The topological polar surface area (TPSA) is 34.1 Å². The smallest absolute Gasteiger partial charge is 0.133 e. The average molecular weight is 194 g/mol. The molecule has 2 heteroatoms. The van der Waals surface area contributed by atoms with Crippen molar-refractivity contribution < 1.29 is 9.59 Å². The van der Waals surface area contributed by atoms with Crippen molar-refractivity contribution in [1.29, 1.82) is 0 Å². The van der Waals surface area contributed by atoms with Crippen molar-refractivity contribution in [3.05, 3.63) is 11.1 Å². The fourth-order valence-electron chi connectivity index (χ4n) is 2.15. The summed E-state index contributed by atoms with van der Waals surface area (Å²) in [5.74, 6) is 0.154. The number of ketones is 2. The van der Waals surface area contributed by atoms with Crippen LogP contribution in [0.15, 0.2) is 11.1 Å². The number of carbonyl (C=O) groups excluding carboxylic acids is 2. The molecule has 0 aromatic rings. The number of Topliss-reactive ketones (excluding diaryl/α,β-unsaturated/α-hetero) is 2. The van der Waals surface area contributed by atoms with Gasteiger partial charge in [-0.2, -0.15) is 0 Å². The highest BCUT2D eigenvalue weighted by molar-refractivity contribution is 5.88. The minimum atomic E-state index is -0.0730. The average Bonchev–Trinajstić information content (AvgIpc) is 2.08. The fraction of sp³-hybridized carbons (Fsp3) is 0.667. The maximum Gasteiger partial charge on any atom is 0.133 e. The van der Waals surface area contributed by atoms with Gasteiger partial charge in [0.05, 0.1) is 0 Å². The number of rotatable bonds is 2. The summed E-state index contributed by atoms with van der Waals surface area (Å²) < 4.78 is 0. The van der Waals surface area contributed by atoms with E-state index in [4.69, 9.17) is 0 Å². The van der Waals surface area contributed by atoms with Gasteiger partial charge in [-0.3, -0.25) is 9.59 Å². The summed E-state index contributed by atoms with van der Waals surface area (Å²) in [6, 6.07) is 0. The van der Waals surface area contributed by atoms with Gasteiger partial charge in [-0.15, -0.1) is 0 Å². The first-order chi connectivity index (χ1) is 6.43. The molecule has 1 aliphatic carbocycles. The molecule has 0 aromatic heterocycles. The van der Waals surface area contributed by atoms with Gasteiger partial charge in [-0.25, -0.2) is 0 Å². The van der Waals surface area contributed by atoms with Crippen molar-refractivity contribution >= 4 is 11.6 Å². The Balaban J connectivity index is 2.95. The first kappa shape index (κ1) is 11.2. The molecule has 0 N–H and O–H groups in total. The highest BCUT2D eigenvalue weighted by Crippen LogP contribution is 2.34. The molecule has 0 heterocycles. The monoisotopic (exact) mass is 194 g/mol. The Morgan fingerprint density at radius 1 is 0.929 bits per heavy atom. The van der Waals surface area contributed by atoms with Gasteiger partial charge in [-0.1, -0.05) is 11.1 Å². The van der Waals surface area contributed by atoms with Crippen molar-refractivity contribution in [2.45, 2.75) is 40.5 Å². The second-order valence-electron chi connectivity index (χ2n) is 4.40. The van der Waals surface area contributed by atoms with Gasteiger partial charge in [-0.05, 0) is 40.5 Å². The lowest BCUT2D eigenvalue weighted by molar-refractivity contribution is -0.130. The molecule has 0 spiro atoms. The molecule has 0 aliphatic heterocycles. The molecule has 0 amide bonds. The highest BCUT2D eigenvalue weighted by Gasteiger charge is 2.33. The number of carbonyl (C=O) groups is 2. The molecule has 0 aromatic carbocycles. The van der Waals surface area contributed by atoms with Gasteiger partial charge in [0.1, 0.15) is 11.6 Å². The van der Waals surface area contributed by atoms with E-state index in [-0.39, 0.29) is 23.4 Å². The van der Waals surface area contributed by atoms with Crippen LogP contribution in [-0.2, 0) is 9.59 Å². The van der Waals surface area contributed by atoms with E-state index < -0.39 is 0 Å². The quantitative estimate of drug-likeness (QED) is 0.633. The number of hydrogen-bond donors (Lipinski definition) is 0. The molecule has 1 aliphatic rings. The zero-order valence-electron chi connectivity index (χ0n) is 9.39. The Bertz CT molecular complexity index is 269. The first-order valence-corrected chi connectivity index (χ1v) is 5.09. The summed E-state index contributed by atoms with van der Waals surface area (Å²) in [6.07, 6.45) is 1.54. The molecule has 0 saturated heterocycles. The molecule has 14 heavy (non-hydrogen) atoms. The van der Waals surface area contributed by atoms with Gasteiger partial charge in [0, 0.05) is 11.8 Å². The van der Waals surface area contributed by atoms with Crippen LogP contribution in [0.25, 0.3) is 0 Å². The molecule has 0 unspecified atom stereocenters. The Kier molecular flexibility index (Phi) is 3.25. The lowest BCUT2D eigenvalue weighted by Crippen LogP contribution is -2.30. The standard InChI is InChI=1S/C12H18O2/c1-7-5-11(9(3)13)12(10(4)14)6-8(7)2/h11-12H,5-6H2,1-4H3/t11-,12-/m0/s1. The van der Waals surface area contributed by atoms with Crippen molar-refractivity contribution in [3.63, 3.8) is 0 Å². The van der Waals surface area contributed by atoms with E-state index in [9.17, 15) is 9.59 Å². The third-order valence-corrected chi connectivity index (χ3v) is 3.31. The largest absolute Gasteiger partial charge is 0.300 e. The van der Waals surface area contributed by atoms with Crippen LogP contribution in [0.2, 0.25) is 0 Å². The fourth-order valence-corrected chi connectivity index (χ4v) is 2.15. The van der Waals surface area contributed by atoms with E-state index >= 15 is 0 Å². The van der Waals surface area contributed by atoms with Crippen molar-refractivity contribution in [2.24, 2.45) is 11.8 Å². The molecule has 0 radical (unpaired) electrons. The summed E-state index contributed by atoms with van der Waals surface area (Å²) in [5, 5.41) is 0. The van der Waals surface area contributed by atoms with Crippen molar-refractivity contribution in [1.82, 2.24) is 0 Å². The van der Waals surface area contributed by atoms with Crippen LogP contribution in [0.5, 0.6) is 0 Å². The predicted octanol–water partition coefficient (Wildman–Crippen LogP) is 2.53. The predicted molar refractivity (Wildman–Crippen MR) is 56.0 cm³/mol. The zero-order chi connectivity index (χ0) is 10.9. The van der Waals surface area contributed by atoms with Gasteiger partial charge in [0.15, 0.2) is 0 Å². The Morgan fingerprint density at radius 3 is 1.43 bits per heavy atom. The Morgan fingerprint density at radius 2 is 1.21 bits per heavy atom. The summed E-state index contributed by atoms with van der Waals surface area (Å²) in [4.78, 5) is 22.8. The van der Waals surface area contributed by atoms with Crippen molar-refractivity contribution in [2.75, 3.05) is 0 Å². The molecule has 2 atom stereocenters. The van der Waals surface area contributed by atoms with Crippen LogP contribution in [-0.4, -0.2) is 11.6 Å². The maximum atomic E-state index is 11.4. The van der Waals surface area contributed by atoms with E-state index in [0.717, 1.165) is 12.8 Å². The van der Waals surface area contributed by atoms with E-state index in [1.165, 1.54) is 11.1 Å². The molecule has 0 bridgehead atoms. The summed E-state index contributed by atoms with van der Waals surface area (Å²) in [6.45, 7) is 7.30. The second kappa shape index (κ2) is 4.07. The normalized spacial score (nSPS) is 27.7. The zero-order valence-corrected chi connectivity index (χ0v) is 9.39. The van der Waals surface area contributed by atoms with Crippen LogP contribution in [0, 0.1) is 11.8 Å². The molecule has 1 rings (SSSR count). The molecular weight excluding hydrogens is 176 g/mol. The molecule has 0 fully saturated rings. The van der Waals surface area contributed by atoms with Crippen LogP contribution >= 0.6 is 0 Å². The summed E-state index contributed by atoms with van der Waals surface area (Å²) >= 11 is 0. The van der Waals surface area contributed by atoms with Crippen LogP contribution in [0.4, 0.5) is 0 Å². The van der Waals surface area contributed by atoms with E-state index in [1.807, 2.05) is 0 Å². The van der Waals surface area contributed by atoms with Crippen LogP contribution in [0.3, 0.4) is 0 Å². The molecule has 0 saturated carbocycles. The SMILES string of the molecule is CC(=O)[C@@H]1CC(C)=C(C)C[C@H]1C(C)=O. The van der Waals surface area contributed by atoms with E-state index in [1.54, 1.807) is 13.8 Å². The summed E-state index contributed by atoms with van der Waals surface area (Å²) in [5.41, 5.74) is 2.56. The van der Waals surface area contributed by atoms with Gasteiger partial charge < -0.3 is 0 Å². The second-order valence-corrected chi connectivity index (χ2v) is 4.40. The van der Waals surface area contributed by atoms with E-state index in [2.05, 4.69) is 13.8 Å². The van der Waals surface area contributed by atoms with Gasteiger partial charge >= 0.3 is 0 Å². The first-order valence-electron chi connectivity index (χ1n) is 5.09. The third-order valence-electron chi connectivity index (χ3n) is 3.31. The third kappa shape index (κ3) is 2.11. The molecule has 78 valence electrons. The van der Waals surface area contributed by atoms with Gasteiger partial charge in [0.2, 0.25) is 0 Å². The highest BCUT2D eigenvalue weighted by atomic mass is 16.1. The summed E-state index contributed by atoms with van der Waals surface area (Å²) in [7, 11) is 0. The van der Waals surface area contributed by atoms with Crippen LogP contribution < -0.4 is 0 Å². The van der Waals surface area contributed by atoms with Crippen molar-refractivity contribution in [3.8, 4) is 0 Å². The van der Waals surface area contributed by atoms with Gasteiger partial charge in [0.25, 0.3) is 0 Å². The lowest BCUT2D eigenvalue weighted by atomic mass is 9.73. The molecule has 2 nitrogen and oxygen atoms in total. The number of hydrogen-bond acceptors (Lipinski definition) is 2. The Hall–Kier alpha value is -0.920. The minimum Gasteiger partial charge on any atom is -0.300 e. The lowest BCUT2D eigenvalue weighted by Gasteiger charge is -2.29. The van der Waals surface area contributed by atoms with Crippen LogP contribution in [0.1, 0.15) is 40.5 Å². The molecular formula is C12H18O2. The number of allylic oxidation sites excluding steroid dienone is 2. The van der Waals surface area contributed by atoms with E-state index in [0.29, 0.717) is 0 Å². The maximum absolute atomic E-state index is 11.4.